The van der Waals surface area contributed by atoms with Crippen LogP contribution < -0.4 is 5.32 Å². The standard InChI is InChI=1S/C18H17ClN2O4S/c1-11(22)10-26-15-8-4-3-6-13(15)18(24)25-12(2)17(23)21-14-7-5-9-20-16(14)19/h3-9,12H,10H2,1-2H3,(H,21,23)/t12-/m0/s1. The van der Waals surface area contributed by atoms with E-state index in [9.17, 15) is 14.4 Å². The molecule has 0 spiro atoms. The second-order valence-corrected chi connectivity index (χ2v) is 6.74. The summed E-state index contributed by atoms with van der Waals surface area (Å²) in [6, 6.07) is 9.99. The summed E-state index contributed by atoms with van der Waals surface area (Å²) in [5, 5.41) is 2.70. The zero-order valence-electron chi connectivity index (χ0n) is 14.2. The summed E-state index contributed by atoms with van der Waals surface area (Å²) >= 11 is 7.14. The third-order valence-corrected chi connectivity index (χ3v) is 4.73. The van der Waals surface area contributed by atoms with Crippen molar-refractivity contribution < 1.29 is 19.1 Å². The molecule has 26 heavy (non-hydrogen) atoms. The third-order valence-electron chi connectivity index (χ3n) is 3.21. The number of benzene rings is 1. The lowest BCUT2D eigenvalue weighted by Crippen LogP contribution is -2.30. The number of aromatic nitrogens is 1. The number of nitrogens with one attached hydrogen (secondary N) is 1. The van der Waals surface area contributed by atoms with Gasteiger partial charge in [-0.2, -0.15) is 0 Å². The first-order valence-electron chi connectivity index (χ1n) is 7.72. The second kappa shape index (κ2) is 9.35. The third kappa shape index (κ3) is 5.57. The van der Waals surface area contributed by atoms with Crippen molar-refractivity contribution in [1.82, 2.24) is 4.98 Å². The SMILES string of the molecule is CC(=O)CSc1ccccc1C(=O)O[C@@H](C)C(=O)Nc1cccnc1Cl. The van der Waals surface area contributed by atoms with Crippen LogP contribution in [0.25, 0.3) is 0 Å². The molecule has 2 aromatic rings. The Bertz CT molecular complexity index is 828. The molecule has 1 amide bonds. The molecule has 136 valence electrons. The van der Waals surface area contributed by atoms with Crippen LogP contribution in [-0.2, 0) is 14.3 Å². The summed E-state index contributed by atoms with van der Waals surface area (Å²) in [6.45, 7) is 2.94. The number of esters is 1. The Morgan fingerprint density at radius 2 is 1.96 bits per heavy atom. The first kappa shape index (κ1) is 19.9. The number of carbonyl (C=O) groups is 3. The summed E-state index contributed by atoms with van der Waals surface area (Å²) < 4.78 is 5.25. The normalized spacial score (nSPS) is 11.5. The molecule has 0 fully saturated rings. The number of anilines is 1. The Labute approximate surface area is 160 Å². The first-order valence-corrected chi connectivity index (χ1v) is 9.08. The molecule has 1 heterocycles. The summed E-state index contributed by atoms with van der Waals surface area (Å²) in [4.78, 5) is 40.3. The highest BCUT2D eigenvalue weighted by molar-refractivity contribution is 8.00. The molecule has 8 heteroatoms. The van der Waals surface area contributed by atoms with Crippen molar-refractivity contribution in [2.45, 2.75) is 24.8 Å². The Morgan fingerprint density at radius 1 is 1.23 bits per heavy atom. The molecule has 1 N–H and O–H groups in total. The van der Waals surface area contributed by atoms with Gasteiger partial charge in [-0.1, -0.05) is 23.7 Å². The molecule has 0 aliphatic heterocycles. The zero-order valence-corrected chi connectivity index (χ0v) is 15.8. The quantitative estimate of drug-likeness (QED) is 0.440. The number of ketones is 1. The van der Waals surface area contributed by atoms with Crippen molar-refractivity contribution in [3.8, 4) is 0 Å². The predicted molar refractivity (Wildman–Crippen MR) is 101 cm³/mol. The average Bonchev–Trinajstić information content (AvgIpc) is 2.62. The van der Waals surface area contributed by atoms with Crippen molar-refractivity contribution in [2.24, 2.45) is 0 Å². The molecule has 0 saturated heterocycles. The molecule has 1 atom stereocenters. The predicted octanol–water partition coefficient (Wildman–Crippen LogP) is 3.60. The fourth-order valence-electron chi connectivity index (χ4n) is 1.93. The maximum Gasteiger partial charge on any atom is 0.340 e. The van der Waals surface area contributed by atoms with Gasteiger partial charge in [-0.3, -0.25) is 9.59 Å². The Morgan fingerprint density at radius 3 is 2.65 bits per heavy atom. The van der Waals surface area contributed by atoms with E-state index in [-0.39, 0.29) is 16.7 Å². The number of halogens is 1. The minimum atomic E-state index is -1.04. The van der Waals surface area contributed by atoms with Crippen molar-refractivity contribution in [3.05, 3.63) is 53.3 Å². The van der Waals surface area contributed by atoms with E-state index in [0.717, 1.165) is 0 Å². The maximum atomic E-state index is 12.4. The van der Waals surface area contributed by atoms with Gasteiger partial charge in [0, 0.05) is 11.1 Å². The van der Waals surface area contributed by atoms with E-state index in [1.54, 1.807) is 36.4 Å². The number of nitrogens with zero attached hydrogens (tertiary/aromatic N) is 1. The van der Waals surface area contributed by atoms with E-state index in [4.69, 9.17) is 16.3 Å². The fourth-order valence-corrected chi connectivity index (χ4v) is 2.94. The van der Waals surface area contributed by atoms with Crippen LogP contribution in [0.1, 0.15) is 24.2 Å². The summed E-state index contributed by atoms with van der Waals surface area (Å²) in [6.07, 6.45) is 0.460. The molecule has 0 radical (unpaired) electrons. The smallest absolute Gasteiger partial charge is 0.340 e. The largest absolute Gasteiger partial charge is 0.449 e. The monoisotopic (exact) mass is 392 g/mol. The van der Waals surface area contributed by atoms with Gasteiger partial charge in [0.25, 0.3) is 5.91 Å². The number of hydrogen-bond donors (Lipinski definition) is 1. The van der Waals surface area contributed by atoms with E-state index < -0.39 is 18.0 Å². The van der Waals surface area contributed by atoms with Crippen LogP contribution >= 0.6 is 23.4 Å². The zero-order chi connectivity index (χ0) is 19.1. The molecule has 0 bridgehead atoms. The number of pyridine rings is 1. The van der Waals surface area contributed by atoms with Crippen LogP contribution in [0.15, 0.2) is 47.5 Å². The van der Waals surface area contributed by atoms with Crippen molar-refractivity contribution in [1.29, 1.82) is 0 Å². The number of thioether (sulfide) groups is 1. The molecule has 0 saturated carbocycles. The number of rotatable bonds is 7. The number of carbonyl (C=O) groups excluding carboxylic acids is 3. The van der Waals surface area contributed by atoms with E-state index in [1.807, 2.05) is 0 Å². The lowest BCUT2D eigenvalue weighted by Gasteiger charge is -2.15. The van der Waals surface area contributed by atoms with Gasteiger partial charge < -0.3 is 10.1 Å². The van der Waals surface area contributed by atoms with Gasteiger partial charge in [-0.25, -0.2) is 9.78 Å². The highest BCUT2D eigenvalue weighted by atomic mass is 35.5. The van der Waals surface area contributed by atoms with Crippen molar-refractivity contribution >= 4 is 46.7 Å². The Kier molecular flexibility index (Phi) is 7.17. The van der Waals surface area contributed by atoms with Crippen LogP contribution in [0, 0.1) is 0 Å². The van der Waals surface area contributed by atoms with Crippen molar-refractivity contribution in [2.75, 3.05) is 11.1 Å². The van der Waals surface area contributed by atoms with Gasteiger partial charge in [-0.05, 0) is 38.1 Å². The maximum absolute atomic E-state index is 12.4. The molecular weight excluding hydrogens is 376 g/mol. The molecule has 0 aliphatic rings. The van der Waals surface area contributed by atoms with E-state index in [0.29, 0.717) is 16.1 Å². The summed E-state index contributed by atoms with van der Waals surface area (Å²) in [5.74, 6) is -0.919. The summed E-state index contributed by atoms with van der Waals surface area (Å²) in [7, 11) is 0. The Hall–Kier alpha value is -2.38. The molecule has 0 aliphatic carbocycles. The minimum absolute atomic E-state index is 0.000680. The Balaban J connectivity index is 2.04. The van der Waals surface area contributed by atoms with Gasteiger partial charge in [0.1, 0.15) is 5.78 Å². The van der Waals surface area contributed by atoms with Gasteiger partial charge in [0.15, 0.2) is 11.3 Å². The number of ether oxygens (including phenoxy) is 1. The van der Waals surface area contributed by atoms with Gasteiger partial charge in [-0.15, -0.1) is 11.8 Å². The van der Waals surface area contributed by atoms with Crippen LogP contribution in [-0.4, -0.2) is 34.5 Å². The lowest BCUT2D eigenvalue weighted by molar-refractivity contribution is -0.123. The fraction of sp³-hybridized carbons (Fsp3) is 0.222. The number of amides is 1. The molecule has 1 aromatic heterocycles. The topological polar surface area (TPSA) is 85.4 Å². The van der Waals surface area contributed by atoms with Crippen LogP contribution in [0.4, 0.5) is 5.69 Å². The van der Waals surface area contributed by atoms with Gasteiger partial charge in [0.2, 0.25) is 0 Å². The van der Waals surface area contributed by atoms with Crippen molar-refractivity contribution in [3.63, 3.8) is 0 Å². The van der Waals surface area contributed by atoms with Gasteiger partial charge >= 0.3 is 5.97 Å². The summed E-state index contributed by atoms with van der Waals surface area (Å²) in [5.41, 5.74) is 0.636. The van der Waals surface area contributed by atoms with Crippen LogP contribution in [0.2, 0.25) is 5.15 Å². The van der Waals surface area contributed by atoms with Crippen LogP contribution in [0.5, 0.6) is 0 Å². The molecule has 0 unspecified atom stereocenters. The highest BCUT2D eigenvalue weighted by Crippen LogP contribution is 2.24. The number of hydrogen-bond acceptors (Lipinski definition) is 6. The second-order valence-electron chi connectivity index (χ2n) is 5.37. The van der Waals surface area contributed by atoms with E-state index in [2.05, 4.69) is 10.3 Å². The van der Waals surface area contributed by atoms with E-state index >= 15 is 0 Å². The lowest BCUT2D eigenvalue weighted by atomic mass is 10.2. The molecule has 2 rings (SSSR count). The van der Waals surface area contributed by atoms with E-state index in [1.165, 1.54) is 31.8 Å². The molecule has 1 aromatic carbocycles. The van der Waals surface area contributed by atoms with Gasteiger partial charge in [0.05, 0.1) is 17.0 Å². The molecular formula is C18H17ClN2O4S. The average molecular weight is 393 g/mol. The van der Waals surface area contributed by atoms with Crippen LogP contribution in [0.3, 0.4) is 0 Å². The first-order chi connectivity index (χ1) is 12.4. The number of Topliss-reactive ketones (excluding diaryl/α,β-unsaturated/α-hetero) is 1. The highest BCUT2D eigenvalue weighted by Gasteiger charge is 2.21. The minimum Gasteiger partial charge on any atom is -0.449 e. The molecule has 6 nitrogen and oxygen atoms in total.